The molecule has 8 nitrogen and oxygen atoms in total. The molecule has 0 saturated carbocycles. The van der Waals surface area contributed by atoms with E-state index < -0.39 is 9.84 Å². The number of carbonyl (C=O) groups is 1. The second-order valence-electron chi connectivity index (χ2n) is 7.12. The van der Waals surface area contributed by atoms with Crippen LogP contribution in [0.3, 0.4) is 0 Å². The Labute approximate surface area is 177 Å². The van der Waals surface area contributed by atoms with Crippen molar-refractivity contribution in [3.8, 4) is 0 Å². The highest BCUT2D eigenvalue weighted by Crippen LogP contribution is 2.30. The fourth-order valence-corrected chi connectivity index (χ4v) is 6.90. The third-order valence-corrected chi connectivity index (χ3v) is 8.64. The number of thiophene rings is 1. The van der Waals surface area contributed by atoms with E-state index >= 15 is 0 Å². The molecule has 11 heteroatoms. The number of rotatable bonds is 7. The van der Waals surface area contributed by atoms with Gasteiger partial charge in [-0.25, -0.2) is 13.1 Å². The summed E-state index contributed by atoms with van der Waals surface area (Å²) in [6, 6.07) is 5.76. The van der Waals surface area contributed by atoms with E-state index in [1.165, 1.54) is 11.8 Å². The lowest BCUT2D eigenvalue weighted by Crippen LogP contribution is -2.14. The van der Waals surface area contributed by atoms with E-state index in [-0.39, 0.29) is 29.1 Å². The van der Waals surface area contributed by atoms with Gasteiger partial charge in [0.2, 0.25) is 5.16 Å². The van der Waals surface area contributed by atoms with E-state index in [2.05, 4.69) is 15.5 Å². The SMILES string of the molecule is Cc1cc(C(=O)CSc2nnnn2Cc2cccs2)c(C)n1[C@@H]1CCS(=O)(=O)C1. The number of ketones is 1. The molecule has 1 aliphatic heterocycles. The Morgan fingerprint density at radius 3 is 2.90 bits per heavy atom. The van der Waals surface area contributed by atoms with Crippen LogP contribution in [0, 0.1) is 13.8 Å². The molecule has 1 atom stereocenters. The minimum Gasteiger partial charge on any atom is -0.344 e. The van der Waals surface area contributed by atoms with E-state index in [4.69, 9.17) is 0 Å². The smallest absolute Gasteiger partial charge is 0.210 e. The Bertz CT molecular complexity index is 1130. The molecule has 0 bridgehead atoms. The van der Waals surface area contributed by atoms with Crippen LogP contribution in [0.1, 0.15) is 39.1 Å². The minimum absolute atomic E-state index is 0.0131. The zero-order valence-electron chi connectivity index (χ0n) is 16.1. The van der Waals surface area contributed by atoms with Crippen molar-refractivity contribution < 1.29 is 13.2 Å². The number of thioether (sulfide) groups is 1. The average molecular weight is 452 g/mol. The summed E-state index contributed by atoms with van der Waals surface area (Å²) in [4.78, 5) is 14.0. The van der Waals surface area contributed by atoms with E-state index in [0.717, 1.165) is 16.3 Å². The molecular formula is C18H21N5O3S3. The molecule has 1 saturated heterocycles. The molecule has 0 aliphatic carbocycles. The van der Waals surface area contributed by atoms with Crippen molar-refractivity contribution in [1.82, 2.24) is 24.8 Å². The van der Waals surface area contributed by atoms with Crippen molar-refractivity contribution >= 4 is 38.7 Å². The van der Waals surface area contributed by atoms with Gasteiger partial charge >= 0.3 is 0 Å². The zero-order valence-corrected chi connectivity index (χ0v) is 18.6. The molecule has 0 N–H and O–H groups in total. The molecule has 0 spiro atoms. The van der Waals surface area contributed by atoms with Gasteiger partial charge in [-0.1, -0.05) is 17.8 Å². The first-order valence-electron chi connectivity index (χ1n) is 9.17. The van der Waals surface area contributed by atoms with E-state index in [9.17, 15) is 13.2 Å². The quantitative estimate of drug-likeness (QED) is 0.402. The van der Waals surface area contributed by atoms with Crippen molar-refractivity contribution in [2.45, 2.75) is 38.0 Å². The largest absolute Gasteiger partial charge is 0.344 e. The van der Waals surface area contributed by atoms with Crippen molar-refractivity contribution in [2.24, 2.45) is 0 Å². The molecule has 0 unspecified atom stereocenters. The van der Waals surface area contributed by atoms with Gasteiger partial charge in [0.15, 0.2) is 15.6 Å². The summed E-state index contributed by atoms with van der Waals surface area (Å²) in [5, 5.41) is 14.4. The molecule has 1 aliphatic rings. The molecule has 4 rings (SSSR count). The van der Waals surface area contributed by atoms with Gasteiger partial charge in [0.05, 0.1) is 23.8 Å². The summed E-state index contributed by atoms with van der Waals surface area (Å²) in [5.74, 6) is 0.558. The first-order chi connectivity index (χ1) is 13.8. The van der Waals surface area contributed by atoms with Crippen LogP contribution < -0.4 is 0 Å². The number of carbonyl (C=O) groups excluding carboxylic acids is 1. The van der Waals surface area contributed by atoms with E-state index in [1.54, 1.807) is 16.0 Å². The first kappa shape index (κ1) is 20.3. The van der Waals surface area contributed by atoms with Crippen LogP contribution in [-0.2, 0) is 16.4 Å². The van der Waals surface area contributed by atoms with Crippen molar-refractivity contribution in [3.63, 3.8) is 0 Å². The minimum atomic E-state index is -2.99. The average Bonchev–Trinajstić information content (AvgIpc) is 3.43. The van der Waals surface area contributed by atoms with Gasteiger partial charge in [0.25, 0.3) is 0 Å². The van der Waals surface area contributed by atoms with Crippen LogP contribution in [0.4, 0.5) is 0 Å². The lowest BCUT2D eigenvalue weighted by atomic mass is 10.2. The highest BCUT2D eigenvalue weighted by atomic mass is 32.2. The number of aromatic nitrogens is 5. The van der Waals surface area contributed by atoms with Crippen LogP contribution in [0.25, 0.3) is 0 Å². The molecule has 4 heterocycles. The lowest BCUT2D eigenvalue weighted by Gasteiger charge is -2.16. The predicted octanol–water partition coefficient (Wildman–Crippen LogP) is 2.54. The Morgan fingerprint density at radius 1 is 1.38 bits per heavy atom. The van der Waals surface area contributed by atoms with Gasteiger partial charge in [-0.05, 0) is 48.2 Å². The van der Waals surface area contributed by atoms with Crippen molar-refractivity contribution in [1.29, 1.82) is 0 Å². The lowest BCUT2D eigenvalue weighted by molar-refractivity contribution is 0.102. The number of sulfone groups is 1. The Morgan fingerprint density at radius 2 is 2.21 bits per heavy atom. The molecule has 0 aromatic carbocycles. The maximum absolute atomic E-state index is 12.9. The number of nitrogens with zero attached hydrogens (tertiary/aromatic N) is 5. The maximum Gasteiger partial charge on any atom is 0.210 e. The summed E-state index contributed by atoms with van der Waals surface area (Å²) in [6.45, 7) is 4.38. The van der Waals surface area contributed by atoms with Crippen molar-refractivity contribution in [2.75, 3.05) is 17.3 Å². The molecule has 1 fully saturated rings. The summed E-state index contributed by atoms with van der Waals surface area (Å²) in [7, 11) is -2.99. The van der Waals surface area contributed by atoms with Gasteiger partial charge in [-0.2, -0.15) is 0 Å². The molecule has 0 amide bonds. The zero-order chi connectivity index (χ0) is 20.6. The number of tetrazole rings is 1. The molecule has 29 heavy (non-hydrogen) atoms. The highest BCUT2D eigenvalue weighted by molar-refractivity contribution is 7.99. The topological polar surface area (TPSA) is 99.7 Å². The van der Waals surface area contributed by atoms with Crippen molar-refractivity contribution in [3.05, 3.63) is 45.4 Å². The number of Topliss-reactive ketones (excluding diaryl/α,β-unsaturated/α-hetero) is 1. The fraction of sp³-hybridized carbons (Fsp3) is 0.444. The van der Waals surface area contributed by atoms with Gasteiger partial charge < -0.3 is 4.57 Å². The number of hydrogen-bond acceptors (Lipinski definition) is 8. The second kappa shape index (κ2) is 8.04. The molecule has 3 aromatic rings. The standard InChI is InChI=1S/C18H21N5O3S3/c1-12-8-16(13(2)23(12)14-5-7-29(25,26)11-14)17(24)10-28-18-19-20-21-22(18)9-15-4-3-6-27-15/h3-4,6,8,14H,5,7,9-11H2,1-2H3/t14-/m1/s1. The molecule has 0 radical (unpaired) electrons. The number of aryl methyl sites for hydroxylation is 1. The molecule has 154 valence electrons. The van der Waals surface area contributed by atoms with Crippen LogP contribution in [0.5, 0.6) is 0 Å². The second-order valence-corrected chi connectivity index (χ2v) is 11.3. The maximum atomic E-state index is 12.9. The summed E-state index contributed by atoms with van der Waals surface area (Å²) >= 11 is 2.94. The van der Waals surface area contributed by atoms with Gasteiger partial charge in [0.1, 0.15) is 0 Å². The molecular weight excluding hydrogens is 430 g/mol. The first-order valence-corrected chi connectivity index (χ1v) is 12.9. The summed E-state index contributed by atoms with van der Waals surface area (Å²) < 4.78 is 27.4. The monoisotopic (exact) mass is 451 g/mol. The Kier molecular flexibility index (Phi) is 5.63. The van der Waals surface area contributed by atoms with Gasteiger partial charge in [-0.3, -0.25) is 4.79 Å². The van der Waals surface area contributed by atoms with Crippen LogP contribution >= 0.6 is 23.1 Å². The third-order valence-electron chi connectivity index (χ3n) is 5.08. The molecule has 3 aromatic heterocycles. The van der Waals surface area contributed by atoms with Crippen LogP contribution in [0.2, 0.25) is 0 Å². The van der Waals surface area contributed by atoms with Gasteiger partial charge in [0, 0.05) is 27.9 Å². The van der Waals surface area contributed by atoms with E-state index in [0.29, 0.717) is 23.7 Å². The Balaban J connectivity index is 1.46. The fourth-order valence-electron chi connectivity index (χ4n) is 3.76. The highest BCUT2D eigenvalue weighted by Gasteiger charge is 2.31. The Hall–Kier alpha value is -1.98. The van der Waals surface area contributed by atoms with Gasteiger partial charge in [-0.15, -0.1) is 16.4 Å². The summed E-state index contributed by atoms with van der Waals surface area (Å²) in [5.41, 5.74) is 2.38. The van der Waals surface area contributed by atoms with Crippen LogP contribution in [-0.4, -0.2) is 56.2 Å². The van der Waals surface area contributed by atoms with Crippen LogP contribution in [0.15, 0.2) is 28.7 Å². The summed E-state index contributed by atoms with van der Waals surface area (Å²) in [6.07, 6.45) is 0.596. The predicted molar refractivity (Wildman–Crippen MR) is 113 cm³/mol. The third kappa shape index (κ3) is 4.31. The van der Waals surface area contributed by atoms with E-state index in [1.807, 2.05) is 42.0 Å². The number of hydrogen-bond donors (Lipinski definition) is 0. The normalized spacial score (nSPS) is 18.3.